The number of nitrogens with zero attached hydrogens (tertiary/aromatic N) is 4. The van der Waals surface area contributed by atoms with Crippen LogP contribution in [0, 0.1) is 0 Å². The number of H-pyrrole nitrogens is 1. The number of hydrogen-bond acceptors (Lipinski definition) is 5. The lowest BCUT2D eigenvalue weighted by Gasteiger charge is -2.16. The molecule has 2 aromatic heterocycles. The fraction of sp³-hybridized carbons (Fsp3) is 0.292. The van der Waals surface area contributed by atoms with Crippen LogP contribution < -0.4 is 10.1 Å². The lowest BCUT2D eigenvalue weighted by molar-refractivity contribution is -0.119. The molecule has 0 saturated carbocycles. The summed E-state index contributed by atoms with van der Waals surface area (Å²) in [5.41, 5.74) is 3.13. The van der Waals surface area contributed by atoms with Crippen molar-refractivity contribution in [1.29, 1.82) is 0 Å². The monoisotopic (exact) mass is 430 g/mol. The van der Waals surface area contributed by atoms with Gasteiger partial charge in [0.05, 0.1) is 24.0 Å². The zero-order valence-corrected chi connectivity index (χ0v) is 18.0. The highest BCUT2D eigenvalue weighted by molar-refractivity contribution is 5.80. The molecule has 1 fully saturated rings. The van der Waals surface area contributed by atoms with Crippen molar-refractivity contribution in [2.24, 2.45) is 0 Å². The molecule has 2 N–H and O–H groups in total. The second-order valence-corrected chi connectivity index (χ2v) is 8.17. The zero-order valence-electron chi connectivity index (χ0n) is 18.0. The molecule has 0 spiro atoms. The Hall–Kier alpha value is -3.65. The summed E-state index contributed by atoms with van der Waals surface area (Å²) in [5, 5.41) is 15.6. The fourth-order valence-corrected chi connectivity index (χ4v) is 4.24. The molecule has 32 heavy (non-hydrogen) atoms. The number of likely N-dealkylation sites (tertiary alicyclic amines) is 1. The Bertz CT molecular complexity index is 1200. The molecule has 8 nitrogen and oxygen atoms in total. The summed E-state index contributed by atoms with van der Waals surface area (Å²) in [6.07, 6.45) is 4.62. The number of rotatable bonds is 7. The highest BCUT2D eigenvalue weighted by Gasteiger charge is 2.22. The summed E-state index contributed by atoms with van der Waals surface area (Å²) in [4.78, 5) is 13.6. The van der Waals surface area contributed by atoms with Crippen molar-refractivity contribution in [3.05, 3.63) is 60.9 Å². The molecule has 0 radical (unpaired) electrons. The lowest BCUT2D eigenvalue weighted by atomic mass is 10.1. The largest absolute Gasteiger partial charge is 0.457 e. The van der Waals surface area contributed by atoms with E-state index in [-0.39, 0.29) is 11.9 Å². The van der Waals surface area contributed by atoms with Gasteiger partial charge in [-0.1, -0.05) is 0 Å². The van der Waals surface area contributed by atoms with Crippen LogP contribution in [-0.2, 0) is 11.3 Å². The van der Waals surface area contributed by atoms with Gasteiger partial charge in [0.25, 0.3) is 0 Å². The minimum absolute atomic E-state index is 0.0432. The van der Waals surface area contributed by atoms with E-state index in [1.165, 1.54) is 0 Å². The van der Waals surface area contributed by atoms with Crippen molar-refractivity contribution >= 4 is 16.8 Å². The average Bonchev–Trinajstić information content (AvgIpc) is 3.54. The number of carbonyl (C=O) groups is 1. The zero-order chi connectivity index (χ0) is 21.9. The van der Waals surface area contributed by atoms with E-state index >= 15 is 0 Å². The van der Waals surface area contributed by atoms with Crippen LogP contribution in [0.25, 0.3) is 22.2 Å². The highest BCUT2D eigenvalue weighted by atomic mass is 16.5. The second-order valence-electron chi connectivity index (χ2n) is 8.17. The lowest BCUT2D eigenvalue weighted by Crippen LogP contribution is -2.36. The number of ether oxygens (including phenoxy) is 1. The number of carbonyl (C=O) groups excluding carboxylic acids is 1. The van der Waals surface area contributed by atoms with E-state index in [0.717, 1.165) is 66.3 Å². The Labute approximate surface area is 186 Å². The van der Waals surface area contributed by atoms with Gasteiger partial charge in [-0.05, 0) is 60.5 Å². The van der Waals surface area contributed by atoms with Crippen LogP contribution in [0.15, 0.2) is 60.9 Å². The number of amides is 1. The van der Waals surface area contributed by atoms with E-state index in [9.17, 15) is 4.79 Å². The van der Waals surface area contributed by atoms with Crippen molar-refractivity contribution < 1.29 is 9.53 Å². The summed E-state index contributed by atoms with van der Waals surface area (Å²) in [6, 6.07) is 16.2. The standard InChI is InChI=1S/C24H26N6O2/c1-17(31)27-20-9-11-29(16-20)12-13-30-24-7-6-22(14-19(24)15-26-30)32-21-4-2-18(3-5-21)23-8-10-25-28-23/h2-8,10,14-15,20H,9,11-13,16H2,1H3,(H,25,28)(H,27,31). The molecule has 0 bridgehead atoms. The van der Waals surface area contributed by atoms with Gasteiger partial charge < -0.3 is 10.1 Å². The number of benzene rings is 2. The highest BCUT2D eigenvalue weighted by Crippen LogP contribution is 2.27. The van der Waals surface area contributed by atoms with Crippen LogP contribution in [0.4, 0.5) is 0 Å². The topological polar surface area (TPSA) is 88.1 Å². The number of nitrogens with one attached hydrogen (secondary N) is 2. The Balaban J connectivity index is 1.21. The van der Waals surface area contributed by atoms with Crippen LogP contribution in [0.2, 0.25) is 0 Å². The van der Waals surface area contributed by atoms with Crippen molar-refractivity contribution in [2.75, 3.05) is 19.6 Å². The summed E-state index contributed by atoms with van der Waals surface area (Å²) < 4.78 is 8.08. The van der Waals surface area contributed by atoms with Gasteiger partial charge in [0.15, 0.2) is 0 Å². The molecule has 1 aliphatic rings. The molecule has 4 aromatic rings. The Morgan fingerprint density at radius 3 is 2.78 bits per heavy atom. The minimum atomic E-state index is 0.0432. The molecular formula is C24H26N6O2. The average molecular weight is 431 g/mol. The first-order valence-electron chi connectivity index (χ1n) is 10.9. The molecule has 1 unspecified atom stereocenters. The molecule has 1 atom stereocenters. The van der Waals surface area contributed by atoms with Crippen molar-refractivity contribution in [3.63, 3.8) is 0 Å². The first kappa shape index (κ1) is 20.3. The third-order valence-corrected chi connectivity index (χ3v) is 5.82. The maximum absolute atomic E-state index is 11.2. The quantitative estimate of drug-likeness (QED) is 0.469. The van der Waals surface area contributed by atoms with Gasteiger partial charge in [0, 0.05) is 44.2 Å². The van der Waals surface area contributed by atoms with E-state index in [0.29, 0.717) is 0 Å². The smallest absolute Gasteiger partial charge is 0.217 e. The minimum Gasteiger partial charge on any atom is -0.457 e. The fourth-order valence-electron chi connectivity index (χ4n) is 4.24. The molecule has 2 aromatic carbocycles. The predicted molar refractivity (Wildman–Crippen MR) is 122 cm³/mol. The van der Waals surface area contributed by atoms with Gasteiger partial charge in [-0.25, -0.2) is 0 Å². The molecule has 0 aliphatic carbocycles. The summed E-state index contributed by atoms with van der Waals surface area (Å²) in [5.74, 6) is 1.61. The molecule has 1 amide bonds. The summed E-state index contributed by atoms with van der Waals surface area (Å²) in [7, 11) is 0. The number of fused-ring (bicyclic) bond motifs is 1. The van der Waals surface area contributed by atoms with E-state index in [1.807, 2.05) is 53.3 Å². The van der Waals surface area contributed by atoms with Crippen molar-refractivity contribution in [1.82, 2.24) is 30.2 Å². The summed E-state index contributed by atoms with van der Waals surface area (Å²) in [6.45, 7) is 5.20. The van der Waals surface area contributed by atoms with E-state index < -0.39 is 0 Å². The van der Waals surface area contributed by atoms with Crippen molar-refractivity contribution in [2.45, 2.75) is 25.9 Å². The Morgan fingerprint density at radius 2 is 2.00 bits per heavy atom. The van der Waals surface area contributed by atoms with Gasteiger partial charge in [-0.3, -0.25) is 19.5 Å². The Morgan fingerprint density at radius 1 is 1.16 bits per heavy atom. The van der Waals surface area contributed by atoms with Crippen LogP contribution in [0.1, 0.15) is 13.3 Å². The van der Waals surface area contributed by atoms with E-state index in [4.69, 9.17) is 4.74 Å². The molecule has 1 saturated heterocycles. The van der Waals surface area contributed by atoms with Gasteiger partial charge >= 0.3 is 0 Å². The molecule has 5 rings (SSSR count). The number of aromatic amines is 1. The summed E-state index contributed by atoms with van der Waals surface area (Å²) >= 11 is 0. The molecule has 164 valence electrons. The predicted octanol–water partition coefficient (Wildman–Crippen LogP) is 3.43. The van der Waals surface area contributed by atoms with Gasteiger partial charge in [0.2, 0.25) is 5.91 Å². The number of aromatic nitrogens is 4. The second kappa shape index (κ2) is 8.84. The van der Waals surface area contributed by atoms with Gasteiger partial charge in [0.1, 0.15) is 11.5 Å². The van der Waals surface area contributed by atoms with Gasteiger partial charge in [-0.2, -0.15) is 10.2 Å². The maximum Gasteiger partial charge on any atom is 0.217 e. The molecule has 8 heteroatoms. The van der Waals surface area contributed by atoms with Gasteiger partial charge in [-0.15, -0.1) is 0 Å². The van der Waals surface area contributed by atoms with E-state index in [2.05, 4.69) is 31.6 Å². The Kier molecular flexibility index (Phi) is 5.60. The number of hydrogen-bond donors (Lipinski definition) is 2. The molecule has 3 heterocycles. The third kappa shape index (κ3) is 4.50. The van der Waals surface area contributed by atoms with Crippen LogP contribution in [0.3, 0.4) is 0 Å². The van der Waals surface area contributed by atoms with Crippen LogP contribution in [-0.4, -0.2) is 56.5 Å². The van der Waals surface area contributed by atoms with Crippen molar-refractivity contribution in [3.8, 4) is 22.8 Å². The first-order valence-corrected chi connectivity index (χ1v) is 10.9. The van der Waals surface area contributed by atoms with Crippen LogP contribution in [0.5, 0.6) is 11.5 Å². The normalized spacial score (nSPS) is 16.5. The first-order chi connectivity index (χ1) is 15.6. The van der Waals surface area contributed by atoms with E-state index in [1.54, 1.807) is 13.1 Å². The SMILES string of the molecule is CC(=O)NC1CCN(CCn2ncc3cc(Oc4ccc(-c5ccn[nH]5)cc4)ccc32)C1. The van der Waals surface area contributed by atoms with Crippen LogP contribution >= 0.6 is 0 Å². The maximum atomic E-state index is 11.2. The molecular weight excluding hydrogens is 404 g/mol. The molecule has 1 aliphatic heterocycles. The third-order valence-electron chi connectivity index (χ3n) is 5.82.